The highest BCUT2D eigenvalue weighted by molar-refractivity contribution is 8.26. The molecule has 0 saturated carbocycles. The fraction of sp³-hybridized carbons (Fsp3) is 0. The van der Waals surface area contributed by atoms with Crippen molar-refractivity contribution in [3.63, 3.8) is 0 Å². The van der Waals surface area contributed by atoms with Crippen LogP contribution in [0.4, 0.5) is 5.69 Å². The minimum absolute atomic E-state index is 0.212. The third-order valence-corrected chi connectivity index (χ3v) is 4.70. The van der Waals surface area contributed by atoms with E-state index in [1.54, 1.807) is 48.5 Å². The topological polar surface area (TPSA) is 58.2 Å². The average molecular weight is 375 g/mol. The van der Waals surface area contributed by atoms with Crippen molar-refractivity contribution in [2.75, 3.05) is 5.32 Å². The molecule has 1 fully saturated rings. The second-order valence-electron chi connectivity index (χ2n) is 4.91. The highest BCUT2D eigenvalue weighted by atomic mass is 35.5. The molecular weight excluding hydrogens is 364 g/mol. The van der Waals surface area contributed by atoms with Gasteiger partial charge in [0.1, 0.15) is 4.32 Å². The van der Waals surface area contributed by atoms with Crippen molar-refractivity contribution < 1.29 is 9.59 Å². The molecule has 1 heterocycles. The third-order valence-electron chi connectivity index (χ3n) is 3.20. The van der Waals surface area contributed by atoms with Crippen LogP contribution >= 0.6 is 35.6 Å². The van der Waals surface area contributed by atoms with Gasteiger partial charge in [-0.1, -0.05) is 59.8 Å². The van der Waals surface area contributed by atoms with Crippen LogP contribution in [-0.2, 0) is 4.79 Å². The van der Waals surface area contributed by atoms with Crippen molar-refractivity contribution in [3.8, 4) is 0 Å². The van der Waals surface area contributed by atoms with Gasteiger partial charge in [-0.3, -0.25) is 9.59 Å². The quantitative estimate of drug-likeness (QED) is 0.627. The van der Waals surface area contributed by atoms with Crippen LogP contribution in [0, 0.1) is 0 Å². The maximum atomic E-state index is 12.3. The van der Waals surface area contributed by atoms with E-state index < -0.39 is 0 Å². The fourth-order valence-electron chi connectivity index (χ4n) is 2.12. The van der Waals surface area contributed by atoms with E-state index in [1.807, 2.05) is 6.07 Å². The van der Waals surface area contributed by atoms with Crippen LogP contribution in [0.25, 0.3) is 6.08 Å². The van der Waals surface area contributed by atoms with Gasteiger partial charge in [-0.05, 0) is 35.9 Å². The molecule has 0 unspecified atom stereocenters. The molecule has 0 radical (unpaired) electrons. The number of amides is 2. The Morgan fingerprint density at radius 2 is 2.00 bits per heavy atom. The molecule has 0 bridgehead atoms. The lowest BCUT2D eigenvalue weighted by molar-refractivity contribution is -0.115. The first kappa shape index (κ1) is 16.7. The maximum absolute atomic E-state index is 12.3. The maximum Gasteiger partial charge on any atom is 0.263 e. The van der Waals surface area contributed by atoms with E-state index in [2.05, 4.69) is 10.6 Å². The molecule has 1 saturated heterocycles. The number of nitrogens with one attached hydrogen (secondary N) is 2. The number of carbonyl (C=O) groups is 2. The number of halogens is 1. The molecular formula is C17H11ClN2O2S2. The minimum atomic E-state index is -0.292. The Labute approximate surface area is 153 Å². The monoisotopic (exact) mass is 374 g/mol. The van der Waals surface area contributed by atoms with Crippen LogP contribution in [0.1, 0.15) is 15.9 Å². The first-order valence-electron chi connectivity index (χ1n) is 6.94. The van der Waals surface area contributed by atoms with Gasteiger partial charge in [-0.2, -0.15) is 0 Å². The summed E-state index contributed by atoms with van der Waals surface area (Å²) in [4.78, 5) is 24.5. The number of anilines is 1. The molecule has 4 nitrogen and oxygen atoms in total. The third kappa shape index (κ3) is 3.84. The van der Waals surface area contributed by atoms with Gasteiger partial charge in [-0.25, -0.2) is 0 Å². The molecule has 0 spiro atoms. The second-order valence-corrected chi connectivity index (χ2v) is 7.04. The van der Waals surface area contributed by atoms with E-state index in [0.29, 0.717) is 25.5 Å². The van der Waals surface area contributed by atoms with Crippen molar-refractivity contribution in [1.29, 1.82) is 0 Å². The summed E-state index contributed by atoms with van der Waals surface area (Å²) in [6.07, 6.45) is 1.73. The van der Waals surface area contributed by atoms with Crippen LogP contribution < -0.4 is 10.6 Å². The van der Waals surface area contributed by atoms with Crippen molar-refractivity contribution in [1.82, 2.24) is 5.32 Å². The normalized spacial score (nSPS) is 15.5. The molecule has 1 aliphatic heterocycles. The predicted octanol–water partition coefficient (Wildman–Crippen LogP) is 4.08. The molecule has 0 aliphatic carbocycles. The first-order chi connectivity index (χ1) is 11.5. The number of hydrogen-bond donors (Lipinski definition) is 2. The Morgan fingerprint density at radius 1 is 1.21 bits per heavy atom. The average Bonchev–Trinajstić information content (AvgIpc) is 2.85. The van der Waals surface area contributed by atoms with Gasteiger partial charge in [0.2, 0.25) is 0 Å². The Bertz CT molecular complexity index is 880. The zero-order valence-electron chi connectivity index (χ0n) is 12.2. The summed E-state index contributed by atoms with van der Waals surface area (Å²) < 4.78 is 0.439. The van der Waals surface area contributed by atoms with Gasteiger partial charge < -0.3 is 10.6 Å². The summed E-state index contributed by atoms with van der Waals surface area (Å²) in [5.74, 6) is -0.505. The molecule has 120 valence electrons. The fourth-order valence-corrected chi connectivity index (χ4v) is 3.39. The number of rotatable bonds is 3. The molecule has 2 aromatic carbocycles. The Morgan fingerprint density at radius 3 is 2.71 bits per heavy atom. The number of hydrogen-bond acceptors (Lipinski definition) is 4. The van der Waals surface area contributed by atoms with Crippen LogP contribution in [0.3, 0.4) is 0 Å². The summed E-state index contributed by atoms with van der Waals surface area (Å²) in [7, 11) is 0. The Kier molecular flexibility index (Phi) is 4.99. The first-order valence-corrected chi connectivity index (χ1v) is 8.54. The van der Waals surface area contributed by atoms with Crippen LogP contribution in [0.5, 0.6) is 0 Å². The van der Waals surface area contributed by atoms with E-state index in [4.69, 9.17) is 23.8 Å². The van der Waals surface area contributed by atoms with Crippen LogP contribution in [-0.4, -0.2) is 16.1 Å². The molecule has 0 atom stereocenters. The summed E-state index contributed by atoms with van der Waals surface area (Å²) in [6, 6.07) is 14.0. The predicted molar refractivity (Wildman–Crippen MR) is 102 cm³/mol. The highest BCUT2D eigenvalue weighted by Crippen LogP contribution is 2.26. The summed E-state index contributed by atoms with van der Waals surface area (Å²) in [5.41, 5.74) is 1.80. The van der Waals surface area contributed by atoms with Gasteiger partial charge in [0.25, 0.3) is 11.8 Å². The molecule has 2 aromatic rings. The van der Waals surface area contributed by atoms with Crippen molar-refractivity contribution >= 4 is 63.5 Å². The lowest BCUT2D eigenvalue weighted by Gasteiger charge is -2.07. The second kappa shape index (κ2) is 7.17. The standard InChI is InChI=1S/C17H11ClN2O2S2/c18-13-7-2-1-6-12(13)15(21)19-11-5-3-4-10(8-11)9-14-16(22)20-17(23)24-14/h1-9H,(H,19,21)(H,20,22,23). The minimum Gasteiger partial charge on any atom is -0.322 e. The SMILES string of the molecule is O=C1NC(=S)SC1=Cc1cccc(NC(=O)c2ccccc2Cl)c1. The molecule has 3 rings (SSSR count). The summed E-state index contributed by atoms with van der Waals surface area (Å²) >= 11 is 12.2. The Hall–Kier alpha value is -2.15. The number of benzene rings is 2. The zero-order valence-corrected chi connectivity index (χ0v) is 14.6. The lowest BCUT2D eigenvalue weighted by atomic mass is 10.1. The van der Waals surface area contributed by atoms with Crippen molar-refractivity contribution in [2.45, 2.75) is 0 Å². The van der Waals surface area contributed by atoms with Gasteiger partial charge in [0.15, 0.2) is 0 Å². The summed E-state index contributed by atoms with van der Waals surface area (Å²) in [5, 5.41) is 5.75. The van der Waals surface area contributed by atoms with E-state index in [0.717, 1.165) is 5.56 Å². The van der Waals surface area contributed by atoms with E-state index in [9.17, 15) is 9.59 Å². The molecule has 2 amide bonds. The van der Waals surface area contributed by atoms with Crippen molar-refractivity contribution in [2.24, 2.45) is 0 Å². The Balaban J connectivity index is 1.80. The highest BCUT2D eigenvalue weighted by Gasteiger charge is 2.21. The van der Waals surface area contributed by atoms with E-state index >= 15 is 0 Å². The van der Waals surface area contributed by atoms with Gasteiger partial charge >= 0.3 is 0 Å². The smallest absolute Gasteiger partial charge is 0.263 e. The van der Waals surface area contributed by atoms with Gasteiger partial charge in [0, 0.05) is 5.69 Å². The number of thioether (sulfide) groups is 1. The van der Waals surface area contributed by atoms with E-state index in [1.165, 1.54) is 11.8 Å². The number of thiocarbonyl (C=S) groups is 1. The van der Waals surface area contributed by atoms with Crippen LogP contribution in [0.2, 0.25) is 5.02 Å². The zero-order chi connectivity index (χ0) is 17.1. The van der Waals surface area contributed by atoms with Crippen LogP contribution in [0.15, 0.2) is 53.4 Å². The van der Waals surface area contributed by atoms with Gasteiger partial charge in [0.05, 0.1) is 15.5 Å². The molecule has 7 heteroatoms. The molecule has 24 heavy (non-hydrogen) atoms. The molecule has 0 aromatic heterocycles. The number of carbonyl (C=O) groups excluding carboxylic acids is 2. The lowest BCUT2D eigenvalue weighted by Crippen LogP contribution is -2.17. The largest absolute Gasteiger partial charge is 0.322 e. The van der Waals surface area contributed by atoms with Gasteiger partial charge in [-0.15, -0.1) is 0 Å². The summed E-state index contributed by atoms with van der Waals surface area (Å²) in [6.45, 7) is 0. The molecule has 2 N–H and O–H groups in total. The van der Waals surface area contributed by atoms with E-state index in [-0.39, 0.29) is 11.8 Å². The van der Waals surface area contributed by atoms with Crippen molar-refractivity contribution in [3.05, 3.63) is 69.6 Å². The molecule has 1 aliphatic rings.